The Labute approximate surface area is 132 Å². The van der Waals surface area contributed by atoms with E-state index in [1.165, 1.54) is 16.3 Å². The third kappa shape index (κ3) is 3.08. The van der Waals surface area contributed by atoms with Gasteiger partial charge in [-0.15, -0.1) is 0 Å². The van der Waals surface area contributed by atoms with Gasteiger partial charge < -0.3 is 4.74 Å². The standard InChI is InChI=1S/C18H16BrNO/c1-13-8-14(11-20-10-13)12-21-18-7-6-15-4-2-3-5-16(15)17(18)9-19/h2-8,10-11H,9,12H2,1H3. The van der Waals surface area contributed by atoms with Gasteiger partial charge in [-0.05, 0) is 35.4 Å². The van der Waals surface area contributed by atoms with E-state index in [0.29, 0.717) is 6.61 Å². The van der Waals surface area contributed by atoms with E-state index in [1.54, 1.807) is 0 Å². The minimum Gasteiger partial charge on any atom is -0.489 e. The van der Waals surface area contributed by atoms with E-state index in [1.807, 2.05) is 25.4 Å². The summed E-state index contributed by atoms with van der Waals surface area (Å²) < 4.78 is 6.01. The van der Waals surface area contributed by atoms with Gasteiger partial charge in [0.1, 0.15) is 12.4 Å². The van der Waals surface area contributed by atoms with Gasteiger partial charge in [-0.25, -0.2) is 0 Å². The van der Waals surface area contributed by atoms with Gasteiger partial charge in [0.05, 0.1) is 0 Å². The molecule has 1 heterocycles. The predicted molar refractivity (Wildman–Crippen MR) is 89.9 cm³/mol. The fourth-order valence-corrected chi connectivity index (χ4v) is 3.02. The van der Waals surface area contributed by atoms with Crippen molar-refractivity contribution < 1.29 is 4.74 Å². The maximum absolute atomic E-state index is 6.01. The van der Waals surface area contributed by atoms with Crippen LogP contribution in [0.15, 0.2) is 54.9 Å². The summed E-state index contributed by atoms with van der Waals surface area (Å²) in [5.74, 6) is 0.923. The molecule has 0 saturated heterocycles. The minimum absolute atomic E-state index is 0.535. The summed E-state index contributed by atoms with van der Waals surface area (Å²) in [5, 5.41) is 3.24. The molecule has 1 aromatic heterocycles. The summed E-state index contributed by atoms with van der Waals surface area (Å²) in [6.45, 7) is 2.57. The normalized spacial score (nSPS) is 10.8. The van der Waals surface area contributed by atoms with Crippen molar-refractivity contribution >= 4 is 26.7 Å². The van der Waals surface area contributed by atoms with E-state index in [9.17, 15) is 0 Å². The molecule has 0 aliphatic heterocycles. The van der Waals surface area contributed by atoms with E-state index in [0.717, 1.165) is 22.2 Å². The summed E-state index contributed by atoms with van der Waals surface area (Å²) in [4.78, 5) is 4.20. The summed E-state index contributed by atoms with van der Waals surface area (Å²) >= 11 is 3.57. The Kier molecular flexibility index (Phi) is 4.20. The number of halogens is 1. The molecule has 3 rings (SSSR count). The number of hydrogen-bond acceptors (Lipinski definition) is 2. The summed E-state index contributed by atoms with van der Waals surface area (Å²) in [6, 6.07) is 14.6. The summed E-state index contributed by atoms with van der Waals surface area (Å²) in [6.07, 6.45) is 3.70. The molecule has 0 N–H and O–H groups in total. The highest BCUT2D eigenvalue weighted by atomic mass is 79.9. The Morgan fingerprint density at radius 3 is 2.76 bits per heavy atom. The van der Waals surface area contributed by atoms with E-state index < -0.39 is 0 Å². The Morgan fingerprint density at radius 2 is 1.95 bits per heavy atom. The highest BCUT2D eigenvalue weighted by Gasteiger charge is 2.08. The number of aryl methyl sites for hydroxylation is 1. The van der Waals surface area contributed by atoms with Crippen LogP contribution in [0.1, 0.15) is 16.7 Å². The van der Waals surface area contributed by atoms with Crippen LogP contribution in [0.3, 0.4) is 0 Å². The van der Waals surface area contributed by atoms with Gasteiger partial charge in [0.15, 0.2) is 0 Å². The van der Waals surface area contributed by atoms with Crippen molar-refractivity contribution in [1.82, 2.24) is 4.98 Å². The maximum Gasteiger partial charge on any atom is 0.124 e. The Bertz CT molecular complexity index is 770. The quantitative estimate of drug-likeness (QED) is 0.621. The molecule has 3 heteroatoms. The maximum atomic E-state index is 6.01. The average Bonchev–Trinajstić information content (AvgIpc) is 2.52. The van der Waals surface area contributed by atoms with Crippen LogP contribution in [0, 0.1) is 6.92 Å². The van der Waals surface area contributed by atoms with Crippen LogP contribution in [-0.4, -0.2) is 4.98 Å². The molecule has 0 fully saturated rings. The van der Waals surface area contributed by atoms with E-state index in [4.69, 9.17) is 4.74 Å². The van der Waals surface area contributed by atoms with Gasteiger partial charge in [0, 0.05) is 28.9 Å². The van der Waals surface area contributed by atoms with Crippen molar-refractivity contribution in [3.63, 3.8) is 0 Å². The molecule has 0 amide bonds. The Balaban J connectivity index is 1.90. The van der Waals surface area contributed by atoms with Gasteiger partial charge in [-0.3, -0.25) is 4.98 Å². The molecule has 21 heavy (non-hydrogen) atoms. The monoisotopic (exact) mass is 341 g/mol. The van der Waals surface area contributed by atoms with E-state index in [-0.39, 0.29) is 0 Å². The van der Waals surface area contributed by atoms with Crippen LogP contribution in [0.25, 0.3) is 10.8 Å². The number of fused-ring (bicyclic) bond motifs is 1. The molecular weight excluding hydrogens is 326 g/mol. The molecule has 3 aromatic rings. The molecule has 0 saturated carbocycles. The number of benzene rings is 2. The van der Waals surface area contributed by atoms with Crippen molar-refractivity contribution in [2.75, 3.05) is 0 Å². The molecule has 2 nitrogen and oxygen atoms in total. The highest BCUT2D eigenvalue weighted by Crippen LogP contribution is 2.30. The van der Waals surface area contributed by atoms with Crippen LogP contribution in [0.4, 0.5) is 0 Å². The molecule has 0 bridgehead atoms. The number of alkyl halides is 1. The zero-order chi connectivity index (χ0) is 14.7. The third-order valence-corrected chi connectivity index (χ3v) is 4.02. The number of ether oxygens (including phenoxy) is 1. The van der Waals surface area contributed by atoms with Crippen molar-refractivity contribution in [2.24, 2.45) is 0 Å². The lowest BCUT2D eigenvalue weighted by molar-refractivity contribution is 0.304. The second-order valence-corrected chi connectivity index (χ2v) is 5.62. The first-order chi connectivity index (χ1) is 10.3. The molecule has 0 radical (unpaired) electrons. The molecule has 0 aliphatic rings. The first kappa shape index (κ1) is 14.1. The molecule has 0 atom stereocenters. The van der Waals surface area contributed by atoms with Gasteiger partial charge in [0.25, 0.3) is 0 Å². The van der Waals surface area contributed by atoms with Crippen LogP contribution in [-0.2, 0) is 11.9 Å². The zero-order valence-electron chi connectivity index (χ0n) is 11.8. The molecule has 106 valence electrons. The van der Waals surface area contributed by atoms with Gasteiger partial charge in [-0.2, -0.15) is 0 Å². The molecule has 0 unspecified atom stereocenters. The van der Waals surface area contributed by atoms with Gasteiger partial charge >= 0.3 is 0 Å². The number of hydrogen-bond donors (Lipinski definition) is 0. The van der Waals surface area contributed by atoms with Crippen molar-refractivity contribution in [3.05, 3.63) is 71.5 Å². The Hall–Kier alpha value is -1.87. The third-order valence-electron chi connectivity index (χ3n) is 3.46. The topological polar surface area (TPSA) is 22.1 Å². The second-order valence-electron chi connectivity index (χ2n) is 5.06. The first-order valence-corrected chi connectivity index (χ1v) is 8.00. The number of rotatable bonds is 4. The zero-order valence-corrected chi connectivity index (χ0v) is 13.4. The summed E-state index contributed by atoms with van der Waals surface area (Å²) in [5.41, 5.74) is 3.42. The van der Waals surface area contributed by atoms with E-state index in [2.05, 4.69) is 57.3 Å². The van der Waals surface area contributed by atoms with Gasteiger partial charge in [0.2, 0.25) is 0 Å². The fourth-order valence-electron chi connectivity index (χ4n) is 2.45. The largest absolute Gasteiger partial charge is 0.489 e. The molecule has 0 aliphatic carbocycles. The molecule has 2 aromatic carbocycles. The molecule has 0 spiro atoms. The Morgan fingerprint density at radius 1 is 1.10 bits per heavy atom. The lowest BCUT2D eigenvalue weighted by Crippen LogP contribution is -1.99. The van der Waals surface area contributed by atoms with Gasteiger partial charge in [-0.1, -0.05) is 46.3 Å². The lowest BCUT2D eigenvalue weighted by atomic mass is 10.0. The highest BCUT2D eigenvalue weighted by molar-refractivity contribution is 9.08. The molecular formula is C18H16BrNO. The van der Waals surface area contributed by atoms with Crippen LogP contribution < -0.4 is 4.74 Å². The number of nitrogens with zero attached hydrogens (tertiary/aromatic N) is 1. The average molecular weight is 342 g/mol. The predicted octanol–water partition coefficient (Wildman–Crippen LogP) is 5.02. The van der Waals surface area contributed by atoms with Crippen LogP contribution >= 0.6 is 15.9 Å². The van der Waals surface area contributed by atoms with Crippen molar-refractivity contribution in [2.45, 2.75) is 18.9 Å². The number of pyridine rings is 1. The van der Waals surface area contributed by atoms with Crippen LogP contribution in [0.2, 0.25) is 0 Å². The van der Waals surface area contributed by atoms with Crippen LogP contribution in [0.5, 0.6) is 5.75 Å². The number of aromatic nitrogens is 1. The van der Waals surface area contributed by atoms with E-state index >= 15 is 0 Å². The van der Waals surface area contributed by atoms with Crippen molar-refractivity contribution in [3.8, 4) is 5.75 Å². The minimum atomic E-state index is 0.535. The lowest BCUT2D eigenvalue weighted by Gasteiger charge is -2.13. The SMILES string of the molecule is Cc1cncc(COc2ccc3ccccc3c2CBr)c1. The van der Waals surface area contributed by atoms with Crippen molar-refractivity contribution in [1.29, 1.82) is 0 Å². The fraction of sp³-hybridized carbons (Fsp3) is 0.167. The second kappa shape index (κ2) is 6.27. The smallest absolute Gasteiger partial charge is 0.124 e. The summed E-state index contributed by atoms with van der Waals surface area (Å²) in [7, 11) is 0. The first-order valence-electron chi connectivity index (χ1n) is 6.88.